The Hall–Kier alpha value is -1.03. The molecule has 0 amide bonds. The highest BCUT2D eigenvalue weighted by Gasteiger charge is 2.07. The van der Waals surface area contributed by atoms with E-state index in [1.807, 2.05) is 50.2 Å². The first kappa shape index (κ1) is 14.4. The minimum Gasteiger partial charge on any atom is -0.456 e. The molecule has 2 aromatic rings. The predicted molar refractivity (Wildman–Crippen MR) is 83.0 cm³/mol. The van der Waals surface area contributed by atoms with E-state index in [2.05, 4.69) is 15.9 Å². The molecule has 0 heterocycles. The number of benzene rings is 2. The molecule has 0 saturated heterocycles. The largest absolute Gasteiger partial charge is 0.456 e. The van der Waals surface area contributed by atoms with Gasteiger partial charge in [0.15, 0.2) is 0 Å². The summed E-state index contributed by atoms with van der Waals surface area (Å²) in [4.78, 5) is 0. The molecule has 0 aliphatic heterocycles. The number of hydrogen-bond donors (Lipinski definition) is 1. The van der Waals surface area contributed by atoms with E-state index in [1.165, 1.54) is 0 Å². The van der Waals surface area contributed by atoms with Crippen LogP contribution in [0.4, 0.5) is 0 Å². The second kappa shape index (κ2) is 5.95. The number of aryl methyl sites for hydroxylation is 1. The molecular weight excluding hydrogens is 326 g/mol. The normalized spacial score (nSPS) is 12.3. The van der Waals surface area contributed by atoms with Crippen molar-refractivity contribution in [1.82, 2.24) is 0 Å². The lowest BCUT2D eigenvalue weighted by molar-refractivity contribution is 0.482. The van der Waals surface area contributed by atoms with E-state index in [1.54, 1.807) is 0 Å². The van der Waals surface area contributed by atoms with Crippen molar-refractivity contribution in [2.75, 3.05) is 0 Å². The van der Waals surface area contributed by atoms with Gasteiger partial charge < -0.3 is 10.5 Å². The van der Waals surface area contributed by atoms with Crippen molar-refractivity contribution in [2.24, 2.45) is 5.73 Å². The molecule has 4 heteroatoms. The molecule has 0 fully saturated rings. The summed E-state index contributed by atoms with van der Waals surface area (Å²) in [5.41, 5.74) is 7.92. The van der Waals surface area contributed by atoms with E-state index in [4.69, 9.17) is 22.1 Å². The quantitative estimate of drug-likeness (QED) is 0.831. The average Bonchev–Trinajstić information content (AvgIpc) is 2.36. The minimum absolute atomic E-state index is 0.0403. The predicted octanol–water partition coefficient (Wildman–Crippen LogP) is 5.22. The van der Waals surface area contributed by atoms with Crippen molar-refractivity contribution in [3.63, 3.8) is 0 Å². The minimum atomic E-state index is -0.0403. The van der Waals surface area contributed by atoms with Crippen LogP contribution in [0.3, 0.4) is 0 Å². The second-order valence-corrected chi connectivity index (χ2v) is 5.75. The van der Waals surface area contributed by atoms with Crippen molar-refractivity contribution in [3.05, 3.63) is 57.0 Å². The van der Waals surface area contributed by atoms with Crippen LogP contribution >= 0.6 is 27.5 Å². The summed E-state index contributed by atoms with van der Waals surface area (Å²) in [5, 5.41) is 0.565. The van der Waals surface area contributed by atoms with Crippen LogP contribution in [-0.2, 0) is 0 Å². The Morgan fingerprint density at radius 1 is 1.21 bits per heavy atom. The molecule has 0 aliphatic carbocycles. The van der Waals surface area contributed by atoms with E-state index in [0.29, 0.717) is 10.8 Å². The summed E-state index contributed by atoms with van der Waals surface area (Å²) < 4.78 is 6.84. The highest BCUT2D eigenvalue weighted by atomic mass is 79.9. The average molecular weight is 341 g/mol. The molecule has 19 heavy (non-hydrogen) atoms. The van der Waals surface area contributed by atoms with Crippen LogP contribution in [0.5, 0.6) is 11.5 Å². The summed E-state index contributed by atoms with van der Waals surface area (Å²) >= 11 is 9.66. The summed E-state index contributed by atoms with van der Waals surface area (Å²) in [6, 6.07) is 11.4. The maximum Gasteiger partial charge on any atom is 0.146 e. The fraction of sp³-hybridized carbons (Fsp3) is 0.200. The van der Waals surface area contributed by atoms with Crippen LogP contribution in [0.1, 0.15) is 24.1 Å². The van der Waals surface area contributed by atoms with Crippen LogP contribution in [-0.4, -0.2) is 0 Å². The van der Waals surface area contributed by atoms with Gasteiger partial charge >= 0.3 is 0 Å². The smallest absolute Gasteiger partial charge is 0.146 e. The van der Waals surface area contributed by atoms with Crippen molar-refractivity contribution < 1.29 is 4.74 Å². The fourth-order valence-corrected chi connectivity index (χ4v) is 2.16. The molecule has 2 aromatic carbocycles. The summed E-state index contributed by atoms with van der Waals surface area (Å²) in [6.07, 6.45) is 0. The van der Waals surface area contributed by atoms with E-state index in [0.717, 1.165) is 21.3 Å². The Balaban J connectivity index is 2.25. The molecule has 0 aromatic heterocycles. The maximum atomic E-state index is 6.20. The molecule has 2 nitrogen and oxygen atoms in total. The van der Waals surface area contributed by atoms with E-state index in [9.17, 15) is 0 Å². The van der Waals surface area contributed by atoms with Crippen molar-refractivity contribution in [1.29, 1.82) is 0 Å². The molecule has 0 aliphatic rings. The highest BCUT2D eigenvalue weighted by Crippen LogP contribution is 2.32. The molecule has 0 radical (unpaired) electrons. The second-order valence-electron chi connectivity index (χ2n) is 4.49. The SMILES string of the molecule is Cc1cc(Oc2ccc(C(C)N)cc2Cl)ccc1Br. The van der Waals surface area contributed by atoms with Gasteiger partial charge in [0.1, 0.15) is 11.5 Å². The van der Waals surface area contributed by atoms with Crippen LogP contribution in [0.25, 0.3) is 0 Å². The van der Waals surface area contributed by atoms with Gasteiger partial charge in [-0.3, -0.25) is 0 Å². The zero-order chi connectivity index (χ0) is 14.0. The van der Waals surface area contributed by atoms with Crippen LogP contribution in [0, 0.1) is 6.92 Å². The van der Waals surface area contributed by atoms with Gasteiger partial charge in [0.05, 0.1) is 5.02 Å². The molecule has 0 saturated carbocycles. The monoisotopic (exact) mass is 339 g/mol. The highest BCUT2D eigenvalue weighted by molar-refractivity contribution is 9.10. The molecule has 1 atom stereocenters. The van der Waals surface area contributed by atoms with E-state index < -0.39 is 0 Å². The number of nitrogens with two attached hydrogens (primary N) is 1. The molecular formula is C15H15BrClNO. The van der Waals surface area contributed by atoms with Gasteiger partial charge in [-0.05, 0) is 55.3 Å². The van der Waals surface area contributed by atoms with Gasteiger partial charge in [-0.25, -0.2) is 0 Å². The molecule has 0 bridgehead atoms. The first-order chi connectivity index (χ1) is 8.97. The van der Waals surface area contributed by atoms with Crippen molar-refractivity contribution >= 4 is 27.5 Å². The fourth-order valence-electron chi connectivity index (χ4n) is 1.69. The zero-order valence-electron chi connectivity index (χ0n) is 10.8. The Morgan fingerprint density at radius 3 is 2.53 bits per heavy atom. The number of rotatable bonds is 3. The van der Waals surface area contributed by atoms with Crippen LogP contribution < -0.4 is 10.5 Å². The molecule has 100 valence electrons. The standard InChI is InChI=1S/C15H15BrClNO/c1-9-7-12(4-5-13(9)16)19-15-6-3-11(10(2)18)8-14(15)17/h3-8,10H,18H2,1-2H3. The lowest BCUT2D eigenvalue weighted by atomic mass is 10.1. The number of hydrogen-bond acceptors (Lipinski definition) is 2. The summed E-state index contributed by atoms with van der Waals surface area (Å²) in [5.74, 6) is 1.39. The third kappa shape index (κ3) is 3.50. The van der Waals surface area contributed by atoms with Crippen LogP contribution in [0.2, 0.25) is 5.02 Å². The Morgan fingerprint density at radius 2 is 1.95 bits per heavy atom. The lowest BCUT2D eigenvalue weighted by Crippen LogP contribution is -2.04. The van der Waals surface area contributed by atoms with Gasteiger partial charge in [-0.1, -0.05) is 33.6 Å². The third-order valence-corrected chi connectivity index (χ3v) is 4.02. The van der Waals surface area contributed by atoms with Crippen molar-refractivity contribution in [2.45, 2.75) is 19.9 Å². The van der Waals surface area contributed by atoms with Gasteiger partial charge in [-0.15, -0.1) is 0 Å². The first-order valence-electron chi connectivity index (χ1n) is 5.96. The van der Waals surface area contributed by atoms with Gasteiger partial charge in [0, 0.05) is 10.5 Å². The van der Waals surface area contributed by atoms with Crippen molar-refractivity contribution in [3.8, 4) is 11.5 Å². The molecule has 2 rings (SSSR count). The Bertz CT molecular complexity index is 599. The molecule has 0 spiro atoms. The number of halogens is 2. The zero-order valence-corrected chi connectivity index (χ0v) is 13.1. The Kier molecular flexibility index (Phi) is 4.50. The summed E-state index contributed by atoms with van der Waals surface area (Å²) in [6.45, 7) is 3.93. The number of ether oxygens (including phenoxy) is 1. The lowest BCUT2D eigenvalue weighted by Gasteiger charge is -2.11. The molecule has 1 unspecified atom stereocenters. The maximum absolute atomic E-state index is 6.20. The van der Waals surface area contributed by atoms with Gasteiger partial charge in [0.25, 0.3) is 0 Å². The third-order valence-electron chi connectivity index (χ3n) is 2.84. The van der Waals surface area contributed by atoms with E-state index >= 15 is 0 Å². The molecule has 2 N–H and O–H groups in total. The Labute approximate surface area is 126 Å². The topological polar surface area (TPSA) is 35.2 Å². The summed E-state index contributed by atoms with van der Waals surface area (Å²) in [7, 11) is 0. The van der Waals surface area contributed by atoms with Gasteiger partial charge in [0.2, 0.25) is 0 Å². The van der Waals surface area contributed by atoms with E-state index in [-0.39, 0.29) is 6.04 Å². The first-order valence-corrected chi connectivity index (χ1v) is 7.13. The van der Waals surface area contributed by atoms with Gasteiger partial charge in [-0.2, -0.15) is 0 Å². The van der Waals surface area contributed by atoms with Crippen LogP contribution in [0.15, 0.2) is 40.9 Å².